The van der Waals surface area contributed by atoms with Gasteiger partial charge in [0, 0.05) is 11.1 Å². The van der Waals surface area contributed by atoms with E-state index in [9.17, 15) is 19.2 Å². The highest BCUT2D eigenvalue weighted by Crippen LogP contribution is 2.32. The molecule has 0 aliphatic carbocycles. The summed E-state index contributed by atoms with van der Waals surface area (Å²) < 4.78 is 5.30. The number of ether oxygens (including phenoxy) is 1. The highest BCUT2D eigenvalue weighted by molar-refractivity contribution is 5.95. The van der Waals surface area contributed by atoms with E-state index in [1.807, 2.05) is 52.8 Å². The molecular formula is C27H44N4O5. The van der Waals surface area contributed by atoms with Crippen molar-refractivity contribution in [3.05, 3.63) is 34.9 Å². The summed E-state index contributed by atoms with van der Waals surface area (Å²) in [6.07, 6.45) is -1.32. The third-order valence-corrected chi connectivity index (χ3v) is 4.92. The van der Waals surface area contributed by atoms with Gasteiger partial charge in [0.2, 0.25) is 17.7 Å². The monoisotopic (exact) mass is 504 g/mol. The van der Waals surface area contributed by atoms with Crippen LogP contribution in [0.1, 0.15) is 91.5 Å². The fraction of sp³-hybridized carbons (Fsp3) is 0.630. The van der Waals surface area contributed by atoms with E-state index in [1.54, 1.807) is 41.5 Å². The summed E-state index contributed by atoms with van der Waals surface area (Å²) >= 11 is 0. The first-order valence-corrected chi connectivity index (χ1v) is 12.1. The summed E-state index contributed by atoms with van der Waals surface area (Å²) in [6, 6.07) is 3.33. The zero-order valence-corrected chi connectivity index (χ0v) is 23.7. The maximum Gasteiger partial charge on any atom is 0.408 e. The summed E-state index contributed by atoms with van der Waals surface area (Å²) in [6.45, 7) is 19.8. The van der Waals surface area contributed by atoms with E-state index >= 15 is 0 Å². The molecule has 0 saturated carbocycles. The number of rotatable bonds is 7. The van der Waals surface area contributed by atoms with E-state index in [0.717, 1.165) is 11.1 Å². The van der Waals surface area contributed by atoms with E-state index < -0.39 is 53.1 Å². The van der Waals surface area contributed by atoms with Crippen LogP contribution in [0, 0.1) is 13.8 Å². The van der Waals surface area contributed by atoms with Crippen LogP contribution in [0.25, 0.3) is 0 Å². The van der Waals surface area contributed by atoms with Gasteiger partial charge in [-0.3, -0.25) is 14.4 Å². The minimum atomic E-state index is -1.33. The molecule has 2 atom stereocenters. The Morgan fingerprint density at radius 1 is 0.917 bits per heavy atom. The number of alkyl carbamates (subject to hydrolysis) is 1. The molecule has 0 saturated heterocycles. The van der Waals surface area contributed by atoms with Gasteiger partial charge in [-0.25, -0.2) is 4.79 Å². The van der Waals surface area contributed by atoms with Crippen LogP contribution in [-0.2, 0) is 19.1 Å². The van der Waals surface area contributed by atoms with E-state index in [0.29, 0.717) is 5.56 Å². The molecule has 0 spiro atoms. The van der Waals surface area contributed by atoms with Crippen molar-refractivity contribution < 1.29 is 23.9 Å². The zero-order valence-electron chi connectivity index (χ0n) is 23.7. The Morgan fingerprint density at radius 3 is 1.81 bits per heavy atom. The Kier molecular flexibility index (Phi) is 9.72. The van der Waals surface area contributed by atoms with Gasteiger partial charge in [-0.15, -0.1) is 0 Å². The average Bonchev–Trinajstić information content (AvgIpc) is 2.59. The van der Waals surface area contributed by atoms with Gasteiger partial charge < -0.3 is 26.0 Å². The van der Waals surface area contributed by atoms with Gasteiger partial charge in [-0.05, 0) is 81.7 Å². The molecule has 36 heavy (non-hydrogen) atoms. The number of nitrogens with zero attached hydrogens (tertiary/aromatic N) is 1. The first kappa shape index (κ1) is 30.9. The smallest absolute Gasteiger partial charge is 0.408 e. The molecule has 9 heteroatoms. The maximum absolute atomic E-state index is 14.0. The van der Waals surface area contributed by atoms with Gasteiger partial charge in [-0.1, -0.05) is 29.3 Å². The second-order valence-electron chi connectivity index (χ2n) is 12.3. The lowest BCUT2D eigenvalue weighted by atomic mass is 9.92. The van der Waals surface area contributed by atoms with Crippen molar-refractivity contribution in [2.45, 2.75) is 111 Å². The number of primary amides is 1. The lowest BCUT2D eigenvalue weighted by Gasteiger charge is -2.43. The molecule has 0 aromatic heterocycles. The summed E-state index contributed by atoms with van der Waals surface area (Å²) in [4.78, 5) is 53.6. The topological polar surface area (TPSA) is 131 Å². The van der Waals surface area contributed by atoms with Crippen LogP contribution >= 0.6 is 0 Å². The Balaban J connectivity index is 3.69. The third-order valence-electron chi connectivity index (χ3n) is 4.92. The first-order valence-electron chi connectivity index (χ1n) is 12.1. The first-order chi connectivity index (χ1) is 16.1. The second-order valence-corrected chi connectivity index (χ2v) is 12.3. The van der Waals surface area contributed by atoms with Crippen molar-refractivity contribution in [1.82, 2.24) is 15.5 Å². The highest BCUT2D eigenvalue weighted by atomic mass is 16.6. The van der Waals surface area contributed by atoms with Crippen LogP contribution in [0.4, 0.5) is 4.79 Å². The Bertz CT molecular complexity index is 963. The number of hydrogen-bond donors (Lipinski definition) is 3. The van der Waals surface area contributed by atoms with Crippen LogP contribution in [0.3, 0.4) is 0 Å². The normalized spacial score (nSPS) is 13.9. The predicted molar refractivity (Wildman–Crippen MR) is 140 cm³/mol. The largest absolute Gasteiger partial charge is 0.444 e. The molecule has 9 nitrogen and oxygen atoms in total. The molecule has 0 heterocycles. The van der Waals surface area contributed by atoms with E-state index in [4.69, 9.17) is 10.5 Å². The van der Waals surface area contributed by atoms with Crippen LogP contribution in [0.5, 0.6) is 0 Å². The maximum atomic E-state index is 14.0. The molecule has 1 aromatic rings. The lowest BCUT2D eigenvalue weighted by molar-refractivity contribution is -0.149. The SMILES string of the molecule is Cc1cc(C)cc(C(C(=O)NC(C)(C)C)N(C(=O)C(CC(N)=O)NC(=O)OC(C)(C)C)C(C)(C)C)c1. The van der Waals surface area contributed by atoms with Gasteiger partial charge in [-0.2, -0.15) is 0 Å². The molecule has 0 aliphatic heterocycles. The Labute approximate surface area is 215 Å². The average molecular weight is 505 g/mol. The number of hydrogen-bond acceptors (Lipinski definition) is 5. The summed E-state index contributed by atoms with van der Waals surface area (Å²) in [5.41, 5.74) is 5.65. The van der Waals surface area contributed by atoms with Crippen LogP contribution in [0.2, 0.25) is 0 Å². The van der Waals surface area contributed by atoms with Gasteiger partial charge in [0.15, 0.2) is 0 Å². The van der Waals surface area contributed by atoms with Crippen LogP contribution < -0.4 is 16.4 Å². The third kappa shape index (κ3) is 9.87. The number of aryl methyl sites for hydroxylation is 2. The van der Waals surface area contributed by atoms with E-state index in [-0.39, 0.29) is 5.91 Å². The van der Waals surface area contributed by atoms with E-state index in [2.05, 4.69) is 10.6 Å². The van der Waals surface area contributed by atoms with Crippen molar-refractivity contribution in [1.29, 1.82) is 0 Å². The number of benzene rings is 1. The molecule has 0 radical (unpaired) electrons. The number of amides is 4. The van der Waals surface area contributed by atoms with Crippen molar-refractivity contribution in [3.8, 4) is 0 Å². The fourth-order valence-corrected chi connectivity index (χ4v) is 3.89. The number of carbonyl (C=O) groups is 4. The fourth-order valence-electron chi connectivity index (χ4n) is 3.89. The second kappa shape index (κ2) is 11.3. The lowest BCUT2D eigenvalue weighted by Crippen LogP contribution is -2.60. The molecule has 0 aliphatic rings. The quantitative estimate of drug-likeness (QED) is 0.522. The van der Waals surface area contributed by atoms with Gasteiger partial charge >= 0.3 is 6.09 Å². The number of nitrogens with one attached hydrogen (secondary N) is 2. The number of carbonyl (C=O) groups excluding carboxylic acids is 4. The predicted octanol–water partition coefficient (Wildman–Crippen LogP) is 3.66. The zero-order chi connectivity index (χ0) is 28.2. The van der Waals surface area contributed by atoms with E-state index in [1.165, 1.54) is 4.90 Å². The Morgan fingerprint density at radius 2 is 1.42 bits per heavy atom. The summed E-state index contributed by atoms with van der Waals surface area (Å²) in [5.74, 6) is -1.79. The van der Waals surface area contributed by atoms with Gasteiger partial charge in [0.05, 0.1) is 6.42 Å². The van der Waals surface area contributed by atoms with Crippen molar-refractivity contribution in [2.75, 3.05) is 0 Å². The molecule has 0 bridgehead atoms. The van der Waals surface area contributed by atoms with Gasteiger partial charge in [0.1, 0.15) is 17.7 Å². The van der Waals surface area contributed by atoms with Crippen molar-refractivity contribution in [3.63, 3.8) is 0 Å². The highest BCUT2D eigenvalue weighted by Gasteiger charge is 2.43. The molecule has 4 N–H and O–H groups in total. The van der Waals surface area contributed by atoms with Gasteiger partial charge in [0.25, 0.3) is 0 Å². The molecule has 4 amide bonds. The van der Waals surface area contributed by atoms with Crippen molar-refractivity contribution in [2.24, 2.45) is 5.73 Å². The molecule has 1 rings (SSSR count). The van der Waals surface area contributed by atoms with Crippen molar-refractivity contribution >= 4 is 23.8 Å². The summed E-state index contributed by atoms with van der Waals surface area (Å²) in [7, 11) is 0. The molecular weight excluding hydrogens is 460 g/mol. The minimum Gasteiger partial charge on any atom is -0.444 e. The van der Waals surface area contributed by atoms with Crippen LogP contribution in [0.15, 0.2) is 18.2 Å². The molecule has 1 aromatic carbocycles. The summed E-state index contributed by atoms with van der Waals surface area (Å²) in [5, 5.41) is 5.47. The Hall–Kier alpha value is -3.10. The number of nitrogens with two attached hydrogens (primary N) is 1. The minimum absolute atomic E-state index is 0.383. The van der Waals surface area contributed by atoms with Crippen LogP contribution in [-0.4, -0.2) is 51.4 Å². The molecule has 202 valence electrons. The molecule has 2 unspecified atom stereocenters. The molecule has 0 fully saturated rings. The standard InChI is InChI=1S/C27H44N4O5/c1-16-12-17(2)14-18(13-16)21(22(33)30-25(3,4)5)31(26(6,7)8)23(34)19(15-20(28)32)29-24(35)36-27(9,10)11/h12-14,19,21H,15H2,1-11H3,(H2,28,32)(H,29,35)(H,30,33).